The van der Waals surface area contributed by atoms with E-state index in [4.69, 9.17) is 32.4 Å². The zero-order chi connectivity index (χ0) is 14.8. The first-order valence-corrected chi connectivity index (χ1v) is 7.40. The first kappa shape index (κ1) is 14.9. The first-order valence-electron chi connectivity index (χ1n) is 6.65. The summed E-state index contributed by atoms with van der Waals surface area (Å²) in [6.45, 7) is 2.68. The van der Waals surface area contributed by atoms with Gasteiger partial charge in [-0.05, 0) is 23.8 Å². The SMILES string of the molecule is Fc1ccc(CN2CCO[C@H](c3ccco3)C2)c(Cl)c1Cl. The number of halogens is 3. The Balaban J connectivity index is 1.72. The summed E-state index contributed by atoms with van der Waals surface area (Å²) in [5, 5.41) is 0.253. The quantitative estimate of drug-likeness (QED) is 0.785. The normalized spacial score (nSPS) is 19.9. The van der Waals surface area contributed by atoms with Crippen LogP contribution in [-0.4, -0.2) is 24.6 Å². The lowest BCUT2D eigenvalue weighted by Crippen LogP contribution is -2.37. The second-order valence-corrected chi connectivity index (χ2v) is 5.70. The van der Waals surface area contributed by atoms with E-state index >= 15 is 0 Å². The molecule has 2 heterocycles. The van der Waals surface area contributed by atoms with Gasteiger partial charge in [-0.2, -0.15) is 0 Å². The van der Waals surface area contributed by atoms with Crippen LogP contribution in [0.25, 0.3) is 0 Å². The molecule has 2 aromatic rings. The summed E-state index contributed by atoms with van der Waals surface area (Å²) in [5.74, 6) is 0.309. The van der Waals surface area contributed by atoms with Gasteiger partial charge in [0.25, 0.3) is 0 Å². The minimum absolute atomic E-state index is 0.0231. The lowest BCUT2D eigenvalue weighted by molar-refractivity contribution is -0.0427. The van der Waals surface area contributed by atoms with Gasteiger partial charge in [-0.15, -0.1) is 0 Å². The Bertz CT molecular complexity index is 618. The standard InChI is InChI=1S/C15H14Cl2FNO2/c16-14-10(3-4-11(18)15(14)17)8-19-5-7-21-13(9-19)12-2-1-6-20-12/h1-4,6,13H,5,7-9H2/t13-/m0/s1. The molecule has 0 bridgehead atoms. The maximum Gasteiger partial charge on any atom is 0.143 e. The van der Waals surface area contributed by atoms with Crippen LogP contribution in [0, 0.1) is 5.82 Å². The fourth-order valence-electron chi connectivity index (χ4n) is 2.42. The summed E-state index contributed by atoms with van der Waals surface area (Å²) >= 11 is 12.0. The number of morpholine rings is 1. The van der Waals surface area contributed by atoms with Crippen molar-refractivity contribution < 1.29 is 13.5 Å². The summed E-state index contributed by atoms with van der Waals surface area (Å²) in [7, 11) is 0. The molecule has 1 saturated heterocycles. The molecule has 0 amide bonds. The number of ether oxygens (including phenoxy) is 1. The largest absolute Gasteiger partial charge is 0.467 e. The van der Waals surface area contributed by atoms with E-state index in [0.717, 1.165) is 17.9 Å². The molecule has 0 saturated carbocycles. The molecule has 1 atom stereocenters. The van der Waals surface area contributed by atoms with E-state index in [1.807, 2.05) is 12.1 Å². The average molecular weight is 330 g/mol. The lowest BCUT2D eigenvalue weighted by atomic mass is 10.1. The van der Waals surface area contributed by atoms with Crippen molar-refractivity contribution in [1.82, 2.24) is 4.90 Å². The molecule has 1 aliphatic rings. The zero-order valence-corrected chi connectivity index (χ0v) is 12.7. The predicted octanol–water partition coefficient (Wildman–Crippen LogP) is 4.30. The third kappa shape index (κ3) is 3.24. The van der Waals surface area contributed by atoms with Crippen LogP contribution in [0.3, 0.4) is 0 Å². The highest BCUT2D eigenvalue weighted by Gasteiger charge is 2.24. The van der Waals surface area contributed by atoms with E-state index in [-0.39, 0.29) is 16.1 Å². The second kappa shape index (κ2) is 6.36. The first-order chi connectivity index (χ1) is 10.1. The van der Waals surface area contributed by atoms with E-state index in [0.29, 0.717) is 19.7 Å². The minimum Gasteiger partial charge on any atom is -0.467 e. The van der Waals surface area contributed by atoms with Gasteiger partial charge in [0.15, 0.2) is 0 Å². The average Bonchev–Trinajstić information content (AvgIpc) is 3.03. The van der Waals surface area contributed by atoms with Crippen molar-refractivity contribution in [3.8, 4) is 0 Å². The molecule has 1 aromatic carbocycles. The van der Waals surface area contributed by atoms with Gasteiger partial charge in [-0.25, -0.2) is 4.39 Å². The molecule has 1 fully saturated rings. The number of hydrogen-bond donors (Lipinski definition) is 0. The Morgan fingerprint density at radius 3 is 2.86 bits per heavy atom. The van der Waals surface area contributed by atoms with E-state index in [1.54, 1.807) is 12.3 Å². The monoisotopic (exact) mass is 329 g/mol. The Kier molecular flexibility index (Phi) is 4.50. The van der Waals surface area contributed by atoms with Crippen molar-refractivity contribution in [2.24, 2.45) is 0 Å². The highest BCUT2D eigenvalue weighted by molar-refractivity contribution is 6.42. The summed E-state index contributed by atoms with van der Waals surface area (Å²) in [5.41, 5.74) is 0.808. The van der Waals surface area contributed by atoms with Crippen LogP contribution < -0.4 is 0 Å². The van der Waals surface area contributed by atoms with Crippen LogP contribution in [0.15, 0.2) is 34.9 Å². The van der Waals surface area contributed by atoms with Crippen molar-refractivity contribution in [1.29, 1.82) is 0 Å². The highest BCUT2D eigenvalue weighted by atomic mass is 35.5. The Labute approximate surface area is 132 Å². The van der Waals surface area contributed by atoms with Gasteiger partial charge in [0.1, 0.15) is 17.7 Å². The van der Waals surface area contributed by atoms with Gasteiger partial charge in [0.05, 0.1) is 22.9 Å². The molecule has 112 valence electrons. The van der Waals surface area contributed by atoms with Gasteiger partial charge in [-0.3, -0.25) is 4.90 Å². The molecule has 21 heavy (non-hydrogen) atoms. The van der Waals surface area contributed by atoms with Gasteiger partial charge in [0.2, 0.25) is 0 Å². The minimum atomic E-state index is -0.499. The molecule has 0 unspecified atom stereocenters. The number of benzene rings is 1. The van der Waals surface area contributed by atoms with Crippen LogP contribution in [0.1, 0.15) is 17.4 Å². The van der Waals surface area contributed by atoms with Crippen molar-refractivity contribution in [3.05, 3.63) is 57.7 Å². The van der Waals surface area contributed by atoms with Crippen molar-refractivity contribution in [2.45, 2.75) is 12.6 Å². The predicted molar refractivity (Wildman–Crippen MR) is 79.1 cm³/mol. The lowest BCUT2D eigenvalue weighted by Gasteiger charge is -2.32. The molecule has 0 aliphatic carbocycles. The summed E-state index contributed by atoms with van der Waals surface area (Å²) in [6, 6.07) is 6.75. The third-order valence-corrected chi connectivity index (χ3v) is 4.42. The molecule has 3 nitrogen and oxygen atoms in total. The molecular weight excluding hydrogens is 316 g/mol. The summed E-state index contributed by atoms with van der Waals surface area (Å²) in [4.78, 5) is 2.19. The summed E-state index contributed by atoms with van der Waals surface area (Å²) < 4.78 is 24.4. The van der Waals surface area contributed by atoms with Gasteiger partial charge >= 0.3 is 0 Å². The fraction of sp³-hybridized carbons (Fsp3) is 0.333. The highest BCUT2D eigenvalue weighted by Crippen LogP contribution is 2.30. The Hall–Kier alpha value is -1.07. The molecule has 0 N–H and O–H groups in total. The second-order valence-electron chi connectivity index (χ2n) is 4.94. The number of furan rings is 1. The van der Waals surface area contributed by atoms with Crippen LogP contribution in [-0.2, 0) is 11.3 Å². The Morgan fingerprint density at radius 2 is 2.10 bits per heavy atom. The van der Waals surface area contributed by atoms with Gasteiger partial charge < -0.3 is 9.15 Å². The fourth-order valence-corrected chi connectivity index (χ4v) is 2.82. The molecule has 0 radical (unpaired) electrons. The maximum absolute atomic E-state index is 13.3. The number of nitrogens with zero attached hydrogens (tertiary/aromatic N) is 1. The smallest absolute Gasteiger partial charge is 0.143 e. The molecule has 0 spiro atoms. The topological polar surface area (TPSA) is 25.6 Å². The van der Waals surface area contributed by atoms with Crippen molar-refractivity contribution in [2.75, 3.05) is 19.7 Å². The van der Waals surface area contributed by atoms with Crippen molar-refractivity contribution in [3.63, 3.8) is 0 Å². The van der Waals surface area contributed by atoms with E-state index in [2.05, 4.69) is 4.90 Å². The number of hydrogen-bond acceptors (Lipinski definition) is 3. The van der Waals surface area contributed by atoms with Crippen LogP contribution in [0.2, 0.25) is 10.0 Å². The molecule has 3 rings (SSSR count). The van der Waals surface area contributed by atoms with Crippen molar-refractivity contribution >= 4 is 23.2 Å². The Morgan fingerprint density at radius 1 is 1.24 bits per heavy atom. The molecule has 6 heteroatoms. The van der Waals surface area contributed by atoms with Gasteiger partial charge in [-0.1, -0.05) is 29.3 Å². The van der Waals surface area contributed by atoms with Gasteiger partial charge in [0, 0.05) is 19.6 Å². The third-order valence-electron chi connectivity index (χ3n) is 3.52. The number of rotatable bonds is 3. The maximum atomic E-state index is 13.3. The zero-order valence-electron chi connectivity index (χ0n) is 11.2. The molecule has 1 aliphatic heterocycles. The van der Waals surface area contributed by atoms with Crippen LogP contribution in [0.5, 0.6) is 0 Å². The van der Waals surface area contributed by atoms with Crippen LogP contribution >= 0.6 is 23.2 Å². The molecular formula is C15H14Cl2FNO2. The van der Waals surface area contributed by atoms with E-state index in [1.165, 1.54) is 6.07 Å². The summed E-state index contributed by atoms with van der Waals surface area (Å²) in [6.07, 6.45) is 1.54. The van der Waals surface area contributed by atoms with Crippen LogP contribution in [0.4, 0.5) is 4.39 Å². The van der Waals surface area contributed by atoms with E-state index in [9.17, 15) is 4.39 Å². The van der Waals surface area contributed by atoms with E-state index < -0.39 is 5.82 Å². The molecule has 1 aromatic heterocycles.